The van der Waals surface area contributed by atoms with Gasteiger partial charge in [0.15, 0.2) is 0 Å². The number of ether oxygens (including phenoxy) is 2. The lowest BCUT2D eigenvalue weighted by molar-refractivity contribution is 0.305. The van der Waals surface area contributed by atoms with Gasteiger partial charge in [-0.25, -0.2) is 4.98 Å². The molecule has 0 aliphatic rings. The van der Waals surface area contributed by atoms with Crippen LogP contribution in [-0.2, 0) is 12.0 Å². The van der Waals surface area contributed by atoms with Crippen LogP contribution in [0.4, 0.5) is 0 Å². The Bertz CT molecular complexity index is 859. The van der Waals surface area contributed by atoms with Crippen molar-refractivity contribution in [3.05, 3.63) is 77.2 Å². The van der Waals surface area contributed by atoms with Gasteiger partial charge in [0, 0.05) is 11.5 Å². The molecule has 0 saturated heterocycles. The third-order valence-corrected chi connectivity index (χ3v) is 3.83. The minimum atomic E-state index is -0.210. The van der Waals surface area contributed by atoms with E-state index in [1.54, 1.807) is 6.07 Å². The van der Waals surface area contributed by atoms with Gasteiger partial charge in [-0.3, -0.25) is 0 Å². The molecule has 0 radical (unpaired) electrons. The van der Waals surface area contributed by atoms with Crippen LogP contribution in [0.2, 0.25) is 5.15 Å². The highest BCUT2D eigenvalue weighted by atomic mass is 35.5. The molecular weight excluding hydrogens is 348 g/mol. The van der Waals surface area contributed by atoms with E-state index >= 15 is 0 Å². The largest absolute Gasteiger partial charge is 0.489 e. The second-order valence-electron chi connectivity index (χ2n) is 6.95. The molecule has 5 heteroatoms. The molecule has 0 spiro atoms. The first kappa shape index (κ1) is 18.2. The maximum Gasteiger partial charge on any atom is 0.224 e. The Morgan fingerprint density at radius 3 is 2.19 bits per heavy atom. The zero-order valence-electron chi connectivity index (χ0n) is 15.1. The lowest BCUT2D eigenvalue weighted by atomic mass is 9.96. The predicted octanol–water partition coefficient (Wildman–Crippen LogP) is 5.80. The maximum absolute atomic E-state index is 6.10. The van der Waals surface area contributed by atoms with Crippen LogP contribution in [0.15, 0.2) is 60.7 Å². The van der Waals surface area contributed by atoms with E-state index in [9.17, 15) is 0 Å². The molecule has 0 aliphatic carbocycles. The number of halogens is 1. The molecule has 3 aromatic rings. The van der Waals surface area contributed by atoms with E-state index in [4.69, 9.17) is 21.1 Å². The van der Waals surface area contributed by atoms with Gasteiger partial charge in [0.2, 0.25) is 5.88 Å². The number of hydrogen-bond acceptors (Lipinski definition) is 4. The molecule has 1 aromatic heterocycles. The van der Waals surface area contributed by atoms with Gasteiger partial charge < -0.3 is 9.47 Å². The molecule has 0 atom stereocenters. The highest BCUT2D eigenvalue weighted by Crippen LogP contribution is 2.27. The quantitative estimate of drug-likeness (QED) is 0.534. The van der Waals surface area contributed by atoms with Crippen LogP contribution >= 0.6 is 11.6 Å². The van der Waals surface area contributed by atoms with Crippen LogP contribution in [0, 0.1) is 0 Å². The first-order valence-electron chi connectivity index (χ1n) is 8.40. The fourth-order valence-corrected chi connectivity index (χ4v) is 2.42. The maximum atomic E-state index is 6.10. The monoisotopic (exact) mass is 368 g/mol. The van der Waals surface area contributed by atoms with E-state index in [0.29, 0.717) is 29.2 Å². The van der Waals surface area contributed by atoms with Crippen molar-refractivity contribution in [3.8, 4) is 17.4 Å². The molecule has 0 N–H and O–H groups in total. The molecular formula is C21H21ClN2O2. The van der Waals surface area contributed by atoms with E-state index in [1.165, 1.54) is 0 Å². The van der Waals surface area contributed by atoms with Crippen molar-refractivity contribution in [3.63, 3.8) is 0 Å². The second kappa shape index (κ2) is 7.75. The second-order valence-corrected chi connectivity index (χ2v) is 7.34. The van der Waals surface area contributed by atoms with Crippen molar-refractivity contribution in [1.29, 1.82) is 0 Å². The lowest BCUT2D eigenvalue weighted by Gasteiger charge is -2.17. The molecule has 0 fully saturated rings. The Morgan fingerprint density at radius 2 is 1.54 bits per heavy atom. The van der Waals surface area contributed by atoms with Gasteiger partial charge in [-0.15, -0.1) is 0 Å². The predicted molar refractivity (Wildman–Crippen MR) is 103 cm³/mol. The molecule has 2 aromatic carbocycles. The molecule has 0 unspecified atom stereocenters. The van der Waals surface area contributed by atoms with Gasteiger partial charge >= 0.3 is 0 Å². The molecule has 0 amide bonds. The fourth-order valence-electron chi connectivity index (χ4n) is 2.25. The standard InChI is InChI=1S/C21H21ClN2O2/c1-21(2,3)20-23-18(22)13-19(24-20)26-17-11-9-16(10-12-17)25-14-15-7-5-4-6-8-15/h4-13H,14H2,1-3H3. The van der Waals surface area contributed by atoms with E-state index < -0.39 is 0 Å². The fraction of sp³-hybridized carbons (Fsp3) is 0.238. The minimum Gasteiger partial charge on any atom is -0.489 e. The number of hydrogen-bond donors (Lipinski definition) is 0. The normalized spacial score (nSPS) is 11.2. The first-order valence-corrected chi connectivity index (χ1v) is 8.78. The Kier molecular flexibility index (Phi) is 5.43. The summed E-state index contributed by atoms with van der Waals surface area (Å²) >= 11 is 6.10. The van der Waals surface area contributed by atoms with Crippen LogP contribution in [0.3, 0.4) is 0 Å². The summed E-state index contributed by atoms with van der Waals surface area (Å²) < 4.78 is 11.6. The molecule has 26 heavy (non-hydrogen) atoms. The van der Waals surface area contributed by atoms with Crippen molar-refractivity contribution in [2.45, 2.75) is 32.8 Å². The average molecular weight is 369 g/mol. The Hall–Kier alpha value is -2.59. The number of aromatic nitrogens is 2. The molecule has 0 aliphatic heterocycles. The molecule has 134 valence electrons. The Morgan fingerprint density at radius 1 is 0.885 bits per heavy atom. The molecule has 0 bridgehead atoms. The van der Waals surface area contributed by atoms with Crippen molar-refractivity contribution in [1.82, 2.24) is 9.97 Å². The van der Waals surface area contributed by atoms with Gasteiger partial charge in [-0.2, -0.15) is 4.98 Å². The highest BCUT2D eigenvalue weighted by molar-refractivity contribution is 6.29. The highest BCUT2D eigenvalue weighted by Gasteiger charge is 2.19. The summed E-state index contributed by atoms with van der Waals surface area (Å²) in [5.74, 6) is 2.50. The van der Waals surface area contributed by atoms with Gasteiger partial charge in [0.1, 0.15) is 29.1 Å². The SMILES string of the molecule is CC(C)(C)c1nc(Cl)cc(Oc2ccc(OCc3ccccc3)cc2)n1. The van der Waals surface area contributed by atoms with Gasteiger partial charge in [0.05, 0.1) is 0 Å². The van der Waals surface area contributed by atoms with Crippen molar-refractivity contribution in [2.75, 3.05) is 0 Å². The summed E-state index contributed by atoms with van der Waals surface area (Å²) in [4.78, 5) is 8.72. The van der Waals surface area contributed by atoms with Crippen LogP contribution in [0.25, 0.3) is 0 Å². The third kappa shape index (κ3) is 4.96. The summed E-state index contributed by atoms with van der Waals surface area (Å²) in [5.41, 5.74) is 0.913. The van der Waals surface area contributed by atoms with Crippen molar-refractivity contribution in [2.24, 2.45) is 0 Å². The molecule has 3 rings (SSSR count). The zero-order valence-corrected chi connectivity index (χ0v) is 15.8. The number of nitrogens with zero attached hydrogens (tertiary/aromatic N) is 2. The van der Waals surface area contributed by atoms with Crippen LogP contribution < -0.4 is 9.47 Å². The minimum absolute atomic E-state index is 0.210. The summed E-state index contributed by atoms with van der Waals surface area (Å²) in [6.07, 6.45) is 0. The van der Waals surface area contributed by atoms with Gasteiger partial charge in [0.25, 0.3) is 0 Å². The Labute approximate surface area is 158 Å². The average Bonchev–Trinajstić information content (AvgIpc) is 2.61. The summed E-state index contributed by atoms with van der Waals surface area (Å²) in [6.45, 7) is 6.61. The number of rotatable bonds is 5. The first-order chi connectivity index (χ1) is 12.4. The summed E-state index contributed by atoms with van der Waals surface area (Å²) in [5, 5.41) is 0.364. The lowest BCUT2D eigenvalue weighted by Crippen LogP contribution is -2.16. The van der Waals surface area contributed by atoms with E-state index in [2.05, 4.69) is 9.97 Å². The summed E-state index contributed by atoms with van der Waals surface area (Å²) in [6, 6.07) is 19.1. The topological polar surface area (TPSA) is 44.2 Å². The van der Waals surface area contributed by atoms with Crippen molar-refractivity contribution >= 4 is 11.6 Å². The smallest absolute Gasteiger partial charge is 0.224 e. The van der Waals surface area contributed by atoms with E-state index in [1.807, 2.05) is 75.4 Å². The molecule has 0 saturated carbocycles. The molecule has 1 heterocycles. The van der Waals surface area contributed by atoms with E-state index in [-0.39, 0.29) is 5.41 Å². The van der Waals surface area contributed by atoms with Gasteiger partial charge in [-0.05, 0) is 29.8 Å². The van der Waals surface area contributed by atoms with Crippen LogP contribution in [-0.4, -0.2) is 9.97 Å². The number of benzene rings is 2. The van der Waals surface area contributed by atoms with Crippen molar-refractivity contribution < 1.29 is 9.47 Å². The third-order valence-electron chi connectivity index (χ3n) is 3.64. The summed E-state index contributed by atoms with van der Waals surface area (Å²) in [7, 11) is 0. The van der Waals surface area contributed by atoms with E-state index in [0.717, 1.165) is 11.3 Å². The van der Waals surface area contributed by atoms with Crippen LogP contribution in [0.5, 0.6) is 17.4 Å². The zero-order chi connectivity index (χ0) is 18.6. The molecule has 4 nitrogen and oxygen atoms in total. The Balaban J connectivity index is 1.67. The van der Waals surface area contributed by atoms with Crippen LogP contribution in [0.1, 0.15) is 32.2 Å². The van der Waals surface area contributed by atoms with Gasteiger partial charge in [-0.1, -0.05) is 62.7 Å².